The molecule has 1 aromatic rings. The monoisotopic (exact) mass is 300 g/mol. The lowest BCUT2D eigenvalue weighted by molar-refractivity contribution is 0.0698. The van der Waals surface area contributed by atoms with Crippen LogP contribution in [0.15, 0.2) is 12.1 Å². The molecule has 0 heterocycles. The lowest BCUT2D eigenvalue weighted by atomic mass is 10.0. The van der Waals surface area contributed by atoms with E-state index in [4.69, 9.17) is 10.8 Å². The van der Waals surface area contributed by atoms with Crippen LogP contribution in [-0.2, 0) is 0 Å². The van der Waals surface area contributed by atoms with Crippen molar-refractivity contribution in [1.29, 1.82) is 0 Å². The molecule has 0 unspecified atom stereocenters. The number of carbonyl (C=O) groups is 1. The Morgan fingerprint density at radius 3 is 2.50 bits per heavy atom. The zero-order valence-electron chi connectivity index (χ0n) is 12.0. The zero-order valence-corrected chi connectivity index (χ0v) is 12.8. The first kappa shape index (κ1) is 16.6. The fourth-order valence-corrected chi connectivity index (χ4v) is 2.82. The predicted molar refractivity (Wildman–Crippen MR) is 83.1 cm³/mol. The van der Waals surface area contributed by atoms with Gasteiger partial charge in [-0.15, -0.1) is 0 Å². The molecule has 0 aromatic heterocycles. The zero-order chi connectivity index (χ0) is 15.3. The molecule has 0 fully saturated rings. The largest absolute Gasteiger partial charge is 0.478 e. The maximum atomic E-state index is 13.8. The van der Waals surface area contributed by atoms with E-state index in [1.54, 1.807) is 11.8 Å². The Morgan fingerprint density at radius 2 is 2.05 bits per heavy atom. The molecule has 6 heteroatoms. The van der Waals surface area contributed by atoms with Crippen LogP contribution in [-0.4, -0.2) is 28.6 Å². The number of hydrogen-bond donors (Lipinski definition) is 3. The number of nitrogen functional groups attached to an aromatic ring is 1. The molecule has 1 rings (SSSR count). The molecule has 4 N–H and O–H groups in total. The van der Waals surface area contributed by atoms with Crippen LogP contribution in [0.4, 0.5) is 15.8 Å². The van der Waals surface area contributed by atoms with Crippen LogP contribution in [0.2, 0.25) is 0 Å². The van der Waals surface area contributed by atoms with Gasteiger partial charge in [-0.25, -0.2) is 9.18 Å². The molecular weight excluding hydrogens is 279 g/mol. The second-order valence-corrected chi connectivity index (χ2v) is 5.95. The molecule has 20 heavy (non-hydrogen) atoms. The molecule has 0 saturated heterocycles. The van der Waals surface area contributed by atoms with E-state index >= 15 is 0 Å². The average Bonchev–Trinajstić information content (AvgIpc) is 2.42. The third-order valence-electron chi connectivity index (χ3n) is 3.69. The quantitative estimate of drug-likeness (QED) is 0.673. The van der Waals surface area contributed by atoms with Crippen molar-refractivity contribution < 1.29 is 14.3 Å². The second-order valence-electron chi connectivity index (χ2n) is 4.67. The first-order chi connectivity index (χ1) is 9.39. The standard InChI is InChI=1S/C14H21FN2O2S/c1-4-14(5-2,20-3)8-17-12-6-9(13(18)19)11(16)7-10(12)15/h6-7,17H,4-5,8,16H2,1-3H3,(H,18,19). The second kappa shape index (κ2) is 6.83. The Hall–Kier alpha value is -1.43. The number of carboxylic acid groups (broad SMARTS) is 1. The highest BCUT2D eigenvalue weighted by Gasteiger charge is 2.25. The lowest BCUT2D eigenvalue weighted by Crippen LogP contribution is -2.32. The minimum absolute atomic E-state index is 0.0111. The minimum Gasteiger partial charge on any atom is -0.478 e. The molecule has 0 bridgehead atoms. The maximum absolute atomic E-state index is 13.8. The predicted octanol–water partition coefficient (Wildman–Crippen LogP) is 3.44. The minimum atomic E-state index is -1.16. The number of carboxylic acids is 1. The van der Waals surface area contributed by atoms with Crippen molar-refractivity contribution in [2.75, 3.05) is 23.9 Å². The van der Waals surface area contributed by atoms with Gasteiger partial charge in [0.25, 0.3) is 0 Å². The Kier molecular flexibility index (Phi) is 5.68. The molecule has 0 amide bonds. The number of benzene rings is 1. The van der Waals surface area contributed by atoms with E-state index in [9.17, 15) is 9.18 Å². The SMILES string of the molecule is CCC(CC)(CNc1cc(C(=O)O)c(N)cc1F)SC. The molecule has 1 aromatic carbocycles. The van der Waals surface area contributed by atoms with E-state index < -0.39 is 11.8 Å². The summed E-state index contributed by atoms with van der Waals surface area (Å²) in [6.07, 6.45) is 3.91. The number of anilines is 2. The van der Waals surface area contributed by atoms with Crippen molar-refractivity contribution in [3.63, 3.8) is 0 Å². The van der Waals surface area contributed by atoms with Gasteiger partial charge in [-0.3, -0.25) is 0 Å². The summed E-state index contributed by atoms with van der Waals surface area (Å²) in [6.45, 7) is 4.74. The summed E-state index contributed by atoms with van der Waals surface area (Å²) in [6, 6.07) is 2.30. The van der Waals surface area contributed by atoms with Crippen LogP contribution in [0, 0.1) is 5.82 Å². The number of hydrogen-bond acceptors (Lipinski definition) is 4. The van der Waals surface area contributed by atoms with Gasteiger partial charge in [0.1, 0.15) is 5.82 Å². The molecule has 0 aliphatic heterocycles. The third kappa shape index (κ3) is 3.56. The summed E-state index contributed by atoms with van der Waals surface area (Å²) in [5.41, 5.74) is 5.52. The number of thioether (sulfide) groups is 1. The number of nitrogens with two attached hydrogens (primary N) is 1. The van der Waals surface area contributed by atoms with Crippen molar-refractivity contribution in [1.82, 2.24) is 0 Å². The summed E-state index contributed by atoms with van der Waals surface area (Å²) < 4.78 is 13.8. The summed E-state index contributed by atoms with van der Waals surface area (Å²) in [5.74, 6) is -1.69. The first-order valence-corrected chi connectivity index (χ1v) is 7.73. The molecule has 0 aliphatic carbocycles. The van der Waals surface area contributed by atoms with Gasteiger partial charge in [0, 0.05) is 17.0 Å². The molecule has 4 nitrogen and oxygen atoms in total. The van der Waals surface area contributed by atoms with E-state index in [0.717, 1.165) is 18.9 Å². The number of aromatic carboxylic acids is 1. The van der Waals surface area contributed by atoms with Crippen LogP contribution in [0.25, 0.3) is 0 Å². The van der Waals surface area contributed by atoms with Crippen molar-refractivity contribution in [2.45, 2.75) is 31.4 Å². The Balaban J connectivity index is 2.98. The van der Waals surface area contributed by atoms with Crippen molar-refractivity contribution in [2.24, 2.45) is 0 Å². The molecule has 0 aliphatic rings. The summed E-state index contributed by atoms with van der Waals surface area (Å²) in [7, 11) is 0. The van der Waals surface area contributed by atoms with Gasteiger partial charge in [-0.2, -0.15) is 11.8 Å². The van der Waals surface area contributed by atoms with Gasteiger partial charge >= 0.3 is 5.97 Å². The molecule has 0 spiro atoms. The maximum Gasteiger partial charge on any atom is 0.337 e. The first-order valence-electron chi connectivity index (χ1n) is 6.50. The topological polar surface area (TPSA) is 75.3 Å². The van der Waals surface area contributed by atoms with E-state index in [1.807, 2.05) is 6.26 Å². The Labute approximate surface area is 122 Å². The van der Waals surface area contributed by atoms with Gasteiger partial charge in [0.15, 0.2) is 0 Å². The van der Waals surface area contributed by atoms with Gasteiger partial charge < -0.3 is 16.2 Å². The van der Waals surface area contributed by atoms with Crippen molar-refractivity contribution >= 4 is 29.1 Å². The van der Waals surface area contributed by atoms with Crippen LogP contribution >= 0.6 is 11.8 Å². The van der Waals surface area contributed by atoms with Crippen LogP contribution in [0.3, 0.4) is 0 Å². The summed E-state index contributed by atoms with van der Waals surface area (Å²) in [4.78, 5) is 11.0. The smallest absolute Gasteiger partial charge is 0.337 e. The summed E-state index contributed by atoms with van der Waals surface area (Å²) in [5, 5.41) is 12.0. The molecular formula is C14H21FN2O2S. The van der Waals surface area contributed by atoms with E-state index in [2.05, 4.69) is 19.2 Å². The van der Waals surface area contributed by atoms with Crippen LogP contribution < -0.4 is 11.1 Å². The van der Waals surface area contributed by atoms with Crippen molar-refractivity contribution in [3.8, 4) is 0 Å². The lowest BCUT2D eigenvalue weighted by Gasteiger charge is -2.30. The normalized spacial score (nSPS) is 11.4. The van der Waals surface area contributed by atoms with Gasteiger partial charge in [-0.05, 0) is 31.2 Å². The van der Waals surface area contributed by atoms with Gasteiger partial charge in [0.2, 0.25) is 0 Å². The van der Waals surface area contributed by atoms with Crippen LogP contribution in [0.1, 0.15) is 37.0 Å². The number of rotatable bonds is 7. The Bertz CT molecular complexity index is 482. The third-order valence-corrected chi connectivity index (χ3v) is 5.28. The molecule has 0 saturated carbocycles. The number of halogens is 1. The van der Waals surface area contributed by atoms with E-state index in [1.165, 1.54) is 6.07 Å². The highest BCUT2D eigenvalue weighted by Crippen LogP contribution is 2.31. The molecule has 112 valence electrons. The van der Waals surface area contributed by atoms with Gasteiger partial charge in [-0.1, -0.05) is 13.8 Å². The van der Waals surface area contributed by atoms with Crippen LogP contribution in [0.5, 0.6) is 0 Å². The number of nitrogens with one attached hydrogen (secondary N) is 1. The fraction of sp³-hybridized carbons (Fsp3) is 0.500. The van der Waals surface area contributed by atoms with Crippen molar-refractivity contribution in [3.05, 3.63) is 23.5 Å². The molecule has 0 radical (unpaired) electrons. The highest BCUT2D eigenvalue weighted by molar-refractivity contribution is 8.00. The highest BCUT2D eigenvalue weighted by atomic mass is 32.2. The average molecular weight is 300 g/mol. The molecule has 0 atom stereocenters. The van der Waals surface area contributed by atoms with E-state index in [0.29, 0.717) is 6.54 Å². The van der Waals surface area contributed by atoms with Gasteiger partial charge in [0.05, 0.1) is 11.3 Å². The van der Waals surface area contributed by atoms with E-state index in [-0.39, 0.29) is 21.7 Å². The Morgan fingerprint density at radius 1 is 1.45 bits per heavy atom. The summed E-state index contributed by atoms with van der Waals surface area (Å²) >= 11 is 1.73. The fourth-order valence-electron chi connectivity index (χ4n) is 2.03.